The van der Waals surface area contributed by atoms with Crippen molar-refractivity contribution in [1.29, 1.82) is 0 Å². The summed E-state index contributed by atoms with van der Waals surface area (Å²) in [6.07, 6.45) is 4.51. The molecule has 2 heterocycles. The molecule has 0 fully saturated rings. The fourth-order valence-electron chi connectivity index (χ4n) is 2.39. The van der Waals surface area contributed by atoms with Gasteiger partial charge in [0, 0.05) is 24.7 Å². The third-order valence-corrected chi connectivity index (χ3v) is 4.97. The van der Waals surface area contributed by atoms with Gasteiger partial charge in [-0.2, -0.15) is 0 Å². The number of hydrogen-bond donors (Lipinski definition) is 2. The molecule has 1 aromatic carbocycles. The van der Waals surface area contributed by atoms with Gasteiger partial charge < -0.3 is 5.32 Å². The lowest BCUT2D eigenvalue weighted by Gasteiger charge is -2.15. The summed E-state index contributed by atoms with van der Waals surface area (Å²) in [5.41, 5.74) is 1.62. The predicted molar refractivity (Wildman–Crippen MR) is 89.7 cm³/mol. The third kappa shape index (κ3) is 3.64. The molecule has 0 saturated heterocycles. The summed E-state index contributed by atoms with van der Waals surface area (Å²) >= 11 is 0. The number of hydrogen-bond acceptors (Lipinski definition) is 4. The molecule has 5 nitrogen and oxygen atoms in total. The average Bonchev–Trinajstić information content (AvgIpc) is 2.53. The van der Waals surface area contributed by atoms with E-state index in [1.165, 1.54) is 0 Å². The molecular formula is C15H18ClN3O2S. The molecule has 0 bridgehead atoms. The average molecular weight is 340 g/mol. The highest BCUT2D eigenvalue weighted by atomic mass is 35.5. The molecule has 1 aliphatic heterocycles. The Labute approximate surface area is 136 Å². The number of nitrogens with one attached hydrogen (secondary N) is 2. The lowest BCUT2D eigenvalue weighted by molar-refractivity contribution is 0.583. The van der Waals surface area contributed by atoms with Crippen LogP contribution in [0.5, 0.6) is 0 Å². The Hall–Kier alpha value is -1.47. The van der Waals surface area contributed by atoms with Crippen LogP contribution in [0.2, 0.25) is 0 Å². The van der Waals surface area contributed by atoms with Crippen LogP contribution in [0.25, 0.3) is 10.9 Å². The Morgan fingerprint density at radius 2 is 2.05 bits per heavy atom. The molecule has 2 N–H and O–H groups in total. The minimum Gasteiger partial charge on any atom is -0.313 e. The minimum absolute atomic E-state index is 0. The van der Waals surface area contributed by atoms with E-state index in [-0.39, 0.29) is 17.3 Å². The van der Waals surface area contributed by atoms with Crippen molar-refractivity contribution in [3.8, 4) is 0 Å². The Balaban J connectivity index is 0.00000176. The quantitative estimate of drug-likeness (QED) is 0.834. The second kappa shape index (κ2) is 7.19. The second-order valence-corrected chi connectivity index (χ2v) is 6.71. The normalized spacial score (nSPS) is 15.2. The van der Waals surface area contributed by atoms with Crippen LogP contribution in [-0.2, 0) is 10.0 Å². The maximum Gasteiger partial charge on any atom is 0.243 e. The Bertz CT molecular complexity index is 785. The number of aromatic nitrogens is 1. The standard InChI is InChI=1S/C15H17N3O2S.ClH/c19-21(20,18-11-12-6-9-16-10-7-12)14-5-1-3-13-4-2-8-17-15(13)14;/h1-6,8,16,18H,7,9-11H2;1H. The number of pyridine rings is 1. The molecule has 7 heteroatoms. The van der Waals surface area contributed by atoms with E-state index >= 15 is 0 Å². The highest BCUT2D eigenvalue weighted by molar-refractivity contribution is 7.89. The van der Waals surface area contributed by atoms with Gasteiger partial charge in [0.1, 0.15) is 4.90 Å². The van der Waals surface area contributed by atoms with Crippen LogP contribution in [0, 0.1) is 0 Å². The number of benzene rings is 1. The summed E-state index contributed by atoms with van der Waals surface area (Å²) in [5, 5.41) is 4.02. The van der Waals surface area contributed by atoms with Crippen molar-refractivity contribution in [2.75, 3.05) is 19.6 Å². The number of nitrogens with zero attached hydrogens (tertiary/aromatic N) is 1. The van der Waals surface area contributed by atoms with Crippen molar-refractivity contribution >= 4 is 33.3 Å². The largest absolute Gasteiger partial charge is 0.313 e. The third-order valence-electron chi connectivity index (χ3n) is 3.53. The molecule has 1 aliphatic rings. The molecule has 2 aromatic rings. The summed E-state index contributed by atoms with van der Waals surface area (Å²) in [4.78, 5) is 4.43. The van der Waals surface area contributed by atoms with Crippen LogP contribution < -0.4 is 10.0 Å². The molecule has 0 atom stereocenters. The molecule has 0 saturated carbocycles. The van der Waals surface area contributed by atoms with E-state index in [4.69, 9.17) is 0 Å². The highest BCUT2D eigenvalue weighted by Gasteiger charge is 2.18. The zero-order chi connectivity index (χ0) is 14.7. The first-order chi connectivity index (χ1) is 10.2. The van der Waals surface area contributed by atoms with Gasteiger partial charge in [0.25, 0.3) is 0 Å². The van der Waals surface area contributed by atoms with Crippen molar-refractivity contribution in [1.82, 2.24) is 15.0 Å². The number of para-hydroxylation sites is 1. The fourth-order valence-corrected chi connectivity index (χ4v) is 3.60. The summed E-state index contributed by atoms with van der Waals surface area (Å²) < 4.78 is 27.7. The van der Waals surface area contributed by atoms with Crippen molar-refractivity contribution in [2.45, 2.75) is 11.3 Å². The van der Waals surface area contributed by atoms with E-state index in [0.717, 1.165) is 30.5 Å². The summed E-state index contributed by atoms with van der Waals surface area (Å²) in [6, 6.07) is 8.84. The fraction of sp³-hybridized carbons (Fsp3) is 0.267. The van der Waals surface area contributed by atoms with Gasteiger partial charge in [-0.15, -0.1) is 12.4 Å². The maximum absolute atomic E-state index is 12.5. The van der Waals surface area contributed by atoms with Crippen LogP contribution >= 0.6 is 12.4 Å². The second-order valence-electron chi connectivity index (χ2n) is 4.97. The molecule has 0 aliphatic carbocycles. The van der Waals surface area contributed by atoms with E-state index < -0.39 is 10.0 Å². The molecular weight excluding hydrogens is 322 g/mol. The Kier molecular flexibility index (Phi) is 5.52. The van der Waals surface area contributed by atoms with Gasteiger partial charge in [-0.25, -0.2) is 13.1 Å². The molecule has 1 aromatic heterocycles. The van der Waals surface area contributed by atoms with Gasteiger partial charge in [-0.1, -0.05) is 29.8 Å². The molecule has 0 spiro atoms. The zero-order valence-corrected chi connectivity index (χ0v) is 13.6. The van der Waals surface area contributed by atoms with Gasteiger partial charge in [0.05, 0.1) is 5.52 Å². The maximum atomic E-state index is 12.5. The van der Waals surface area contributed by atoms with Gasteiger partial charge in [0.2, 0.25) is 10.0 Å². The molecule has 118 valence electrons. The van der Waals surface area contributed by atoms with Crippen molar-refractivity contribution < 1.29 is 8.42 Å². The van der Waals surface area contributed by atoms with Crippen molar-refractivity contribution in [3.05, 3.63) is 48.2 Å². The number of halogens is 1. The summed E-state index contributed by atoms with van der Waals surface area (Å²) in [7, 11) is -3.56. The van der Waals surface area contributed by atoms with Crippen molar-refractivity contribution in [2.24, 2.45) is 0 Å². The lowest BCUT2D eigenvalue weighted by Crippen LogP contribution is -2.29. The van der Waals surface area contributed by atoms with Crippen LogP contribution in [0.4, 0.5) is 0 Å². The van der Waals surface area contributed by atoms with E-state index in [1.807, 2.05) is 18.2 Å². The van der Waals surface area contributed by atoms with Crippen LogP contribution in [0.3, 0.4) is 0 Å². The monoisotopic (exact) mass is 339 g/mol. The number of fused-ring (bicyclic) bond motifs is 1. The van der Waals surface area contributed by atoms with E-state index in [2.05, 4.69) is 15.0 Å². The highest BCUT2D eigenvalue weighted by Crippen LogP contribution is 2.20. The van der Waals surface area contributed by atoms with Crippen LogP contribution in [0.1, 0.15) is 6.42 Å². The Morgan fingerprint density at radius 3 is 2.82 bits per heavy atom. The minimum atomic E-state index is -3.56. The molecule has 0 unspecified atom stereocenters. The summed E-state index contributed by atoms with van der Waals surface area (Å²) in [5.74, 6) is 0. The van der Waals surface area contributed by atoms with E-state index in [1.54, 1.807) is 24.4 Å². The van der Waals surface area contributed by atoms with Gasteiger partial charge in [-0.3, -0.25) is 4.98 Å². The topological polar surface area (TPSA) is 71.1 Å². The molecule has 0 amide bonds. The molecule has 22 heavy (non-hydrogen) atoms. The van der Waals surface area contributed by atoms with E-state index in [9.17, 15) is 8.42 Å². The zero-order valence-electron chi connectivity index (χ0n) is 12.0. The van der Waals surface area contributed by atoms with Crippen LogP contribution in [0.15, 0.2) is 53.1 Å². The Morgan fingerprint density at radius 1 is 1.23 bits per heavy atom. The molecule has 3 rings (SSSR count). The summed E-state index contributed by atoms with van der Waals surface area (Å²) in [6.45, 7) is 2.05. The first-order valence-corrected chi connectivity index (χ1v) is 8.37. The SMILES string of the molecule is Cl.O=S(=O)(NCC1=CCNCC1)c1cccc2cccnc12. The number of sulfonamides is 1. The van der Waals surface area contributed by atoms with Gasteiger partial charge >= 0.3 is 0 Å². The lowest BCUT2D eigenvalue weighted by atomic mass is 10.1. The first kappa shape index (κ1) is 16.9. The first-order valence-electron chi connectivity index (χ1n) is 6.89. The van der Waals surface area contributed by atoms with Gasteiger partial charge in [0.15, 0.2) is 0 Å². The van der Waals surface area contributed by atoms with Gasteiger partial charge in [-0.05, 0) is 25.1 Å². The van der Waals surface area contributed by atoms with E-state index in [0.29, 0.717) is 12.1 Å². The van der Waals surface area contributed by atoms with Crippen LogP contribution in [-0.4, -0.2) is 33.0 Å². The van der Waals surface area contributed by atoms with Crippen molar-refractivity contribution in [3.63, 3.8) is 0 Å². The molecule has 0 radical (unpaired) electrons. The smallest absolute Gasteiger partial charge is 0.243 e. The predicted octanol–water partition coefficient (Wildman–Crippen LogP) is 1.85. The number of rotatable bonds is 4.